The van der Waals surface area contributed by atoms with Gasteiger partial charge in [0.05, 0.1) is 40.6 Å². The average molecular weight is 715 g/mol. The summed E-state index contributed by atoms with van der Waals surface area (Å²) in [6.07, 6.45) is 6.07. The molecule has 14 heteroatoms. The first kappa shape index (κ1) is 33.8. The Kier molecular flexibility index (Phi) is 9.05. The third-order valence-electron chi connectivity index (χ3n) is 8.67. The molecule has 0 aliphatic carbocycles. The van der Waals surface area contributed by atoms with Crippen LogP contribution in [-0.4, -0.2) is 49.5 Å². The van der Waals surface area contributed by atoms with Gasteiger partial charge >= 0.3 is 6.03 Å². The molecule has 7 rings (SSSR count). The number of rotatable bonds is 9. The molecule has 1 atom stereocenters. The molecule has 0 spiro atoms. The topological polar surface area (TPSA) is 178 Å². The third-order valence-corrected chi connectivity index (χ3v) is 9.48. The fraction of sp³-hybridized carbons (Fsp3) is 0.132. The SMILES string of the molecule is COc1ccc(CC(C)NC(=O)c2nn(-c3ccc(O)cc3)c(=O)c3c(N)scc23)cc1NC(=O)Nc1ccc(-c2cn(C)c3cnccc23)cc1. The summed E-state index contributed by atoms with van der Waals surface area (Å²) in [6, 6.07) is 20.1. The zero-order chi connectivity index (χ0) is 36.5. The Morgan fingerprint density at radius 2 is 1.79 bits per heavy atom. The van der Waals surface area contributed by atoms with Gasteiger partial charge in [0.15, 0.2) is 5.69 Å². The Morgan fingerprint density at radius 1 is 1.02 bits per heavy atom. The molecule has 52 heavy (non-hydrogen) atoms. The van der Waals surface area contributed by atoms with Gasteiger partial charge in [-0.3, -0.25) is 14.6 Å². The van der Waals surface area contributed by atoms with Gasteiger partial charge in [-0.25, -0.2) is 4.79 Å². The predicted octanol–water partition coefficient (Wildman–Crippen LogP) is 6.30. The number of aryl methyl sites for hydroxylation is 1. The van der Waals surface area contributed by atoms with Crippen molar-refractivity contribution in [3.05, 3.63) is 118 Å². The van der Waals surface area contributed by atoms with Crippen molar-refractivity contribution < 1.29 is 19.4 Å². The molecule has 13 nitrogen and oxygen atoms in total. The van der Waals surface area contributed by atoms with Crippen molar-refractivity contribution in [2.45, 2.75) is 19.4 Å². The second kappa shape index (κ2) is 13.9. The lowest BCUT2D eigenvalue weighted by Crippen LogP contribution is -2.36. The number of methoxy groups -OCH3 is 1. The summed E-state index contributed by atoms with van der Waals surface area (Å²) in [7, 11) is 3.50. The summed E-state index contributed by atoms with van der Waals surface area (Å²) in [4.78, 5) is 44.2. The summed E-state index contributed by atoms with van der Waals surface area (Å²) in [5, 5.41) is 26.4. The molecule has 0 saturated carbocycles. The molecular formula is C38H34N8O5S. The van der Waals surface area contributed by atoms with E-state index in [1.807, 2.05) is 61.1 Å². The normalized spacial score (nSPS) is 11.8. The number of nitrogen functional groups attached to an aromatic ring is 1. The summed E-state index contributed by atoms with van der Waals surface area (Å²) in [6.45, 7) is 1.84. The van der Waals surface area contributed by atoms with Gasteiger partial charge in [0.2, 0.25) is 0 Å². The van der Waals surface area contributed by atoms with Crippen LogP contribution in [0.5, 0.6) is 11.5 Å². The number of nitrogens with zero attached hydrogens (tertiary/aromatic N) is 4. The molecule has 3 aromatic carbocycles. The van der Waals surface area contributed by atoms with Gasteiger partial charge in [0, 0.05) is 52.9 Å². The first-order chi connectivity index (χ1) is 25.1. The number of nitrogens with two attached hydrogens (primary N) is 1. The van der Waals surface area contributed by atoms with Crippen LogP contribution in [0.2, 0.25) is 0 Å². The van der Waals surface area contributed by atoms with Gasteiger partial charge in [-0.1, -0.05) is 18.2 Å². The highest BCUT2D eigenvalue weighted by Gasteiger charge is 2.22. The number of urea groups is 1. The lowest BCUT2D eigenvalue weighted by atomic mass is 10.1. The van der Waals surface area contributed by atoms with E-state index >= 15 is 0 Å². The van der Waals surface area contributed by atoms with E-state index in [0.29, 0.717) is 34.6 Å². The van der Waals surface area contributed by atoms with Crippen LogP contribution in [0.4, 0.5) is 21.2 Å². The van der Waals surface area contributed by atoms with Crippen molar-refractivity contribution in [1.29, 1.82) is 0 Å². The molecule has 0 aliphatic heterocycles. The number of carbonyl (C=O) groups excluding carboxylic acids is 2. The molecule has 0 saturated heterocycles. The van der Waals surface area contributed by atoms with Crippen LogP contribution in [0.1, 0.15) is 23.0 Å². The summed E-state index contributed by atoms with van der Waals surface area (Å²) in [5.41, 5.74) is 11.1. The number of amides is 3. The first-order valence-corrected chi connectivity index (χ1v) is 17.1. The van der Waals surface area contributed by atoms with Crippen LogP contribution >= 0.6 is 11.3 Å². The maximum Gasteiger partial charge on any atom is 0.323 e. The van der Waals surface area contributed by atoms with E-state index in [0.717, 1.165) is 43.6 Å². The van der Waals surface area contributed by atoms with Crippen molar-refractivity contribution in [1.82, 2.24) is 24.6 Å². The molecule has 7 aromatic rings. The second-order valence-corrected chi connectivity index (χ2v) is 13.2. The van der Waals surface area contributed by atoms with E-state index < -0.39 is 17.5 Å². The highest BCUT2D eigenvalue weighted by molar-refractivity contribution is 7.15. The van der Waals surface area contributed by atoms with Crippen LogP contribution < -0.4 is 32.0 Å². The van der Waals surface area contributed by atoms with Crippen molar-refractivity contribution in [2.24, 2.45) is 7.05 Å². The molecule has 0 aliphatic rings. The maximum absolute atomic E-state index is 13.6. The molecule has 0 bridgehead atoms. The summed E-state index contributed by atoms with van der Waals surface area (Å²) in [5.74, 6) is 0.00510. The molecule has 6 N–H and O–H groups in total. The molecule has 4 aromatic heterocycles. The number of ether oxygens (including phenoxy) is 1. The number of aromatic hydroxyl groups is 1. The number of aromatic nitrogens is 4. The first-order valence-electron chi connectivity index (χ1n) is 16.2. The number of phenolic OH excluding ortho intramolecular Hbond substituents is 1. The molecule has 262 valence electrons. The van der Waals surface area contributed by atoms with Gasteiger partial charge in [-0.05, 0) is 79.1 Å². The summed E-state index contributed by atoms with van der Waals surface area (Å²) < 4.78 is 8.65. The Bertz CT molecular complexity index is 2520. The Labute approximate surface area is 301 Å². The van der Waals surface area contributed by atoms with E-state index in [1.165, 1.54) is 31.4 Å². The maximum atomic E-state index is 13.6. The average Bonchev–Trinajstić information content (AvgIpc) is 3.69. The van der Waals surface area contributed by atoms with Gasteiger partial charge in [0.1, 0.15) is 11.5 Å². The van der Waals surface area contributed by atoms with Crippen molar-refractivity contribution >= 4 is 61.3 Å². The van der Waals surface area contributed by atoms with Gasteiger partial charge < -0.3 is 36.1 Å². The highest BCUT2D eigenvalue weighted by Crippen LogP contribution is 2.31. The number of fused-ring (bicyclic) bond motifs is 2. The fourth-order valence-electron chi connectivity index (χ4n) is 6.16. The van der Waals surface area contributed by atoms with Crippen molar-refractivity contribution in [3.8, 4) is 28.3 Å². The number of hydrogen-bond acceptors (Lipinski definition) is 9. The predicted molar refractivity (Wildman–Crippen MR) is 204 cm³/mol. The van der Waals surface area contributed by atoms with Crippen molar-refractivity contribution in [3.63, 3.8) is 0 Å². The van der Waals surface area contributed by atoms with Crippen LogP contribution in [0.25, 0.3) is 38.5 Å². The number of nitrogens with one attached hydrogen (secondary N) is 3. The lowest BCUT2D eigenvalue weighted by Gasteiger charge is -2.17. The largest absolute Gasteiger partial charge is 0.508 e. The van der Waals surface area contributed by atoms with E-state index in [9.17, 15) is 19.5 Å². The van der Waals surface area contributed by atoms with E-state index in [4.69, 9.17) is 10.5 Å². The lowest BCUT2D eigenvalue weighted by molar-refractivity contribution is 0.0935. The Morgan fingerprint density at radius 3 is 2.54 bits per heavy atom. The number of hydrogen-bond donors (Lipinski definition) is 5. The number of phenols is 1. The number of anilines is 3. The third kappa shape index (κ3) is 6.62. The standard InChI is InChI=1S/C38H34N8O5S/c1-21(41-36(48)34-29-20-52-35(39)33(29)37(49)46(44-34)25-9-11-26(47)12-10-25)16-22-4-13-32(51-3)30(17-22)43-38(50)42-24-7-5-23(6-8-24)28-19-45(2)31-18-40-15-14-27(28)31/h4-15,17-21,47H,16,39H2,1-3H3,(H,41,48)(H2,42,43,50). The Balaban J connectivity index is 1.04. The van der Waals surface area contributed by atoms with E-state index in [1.54, 1.807) is 23.7 Å². The smallest absolute Gasteiger partial charge is 0.323 e. The zero-order valence-electron chi connectivity index (χ0n) is 28.4. The molecular weight excluding hydrogens is 681 g/mol. The van der Waals surface area contributed by atoms with Gasteiger partial charge in [-0.2, -0.15) is 9.78 Å². The fourth-order valence-corrected chi connectivity index (χ4v) is 6.95. The van der Waals surface area contributed by atoms with Crippen molar-refractivity contribution in [2.75, 3.05) is 23.5 Å². The Hall–Kier alpha value is -6.67. The number of benzene rings is 3. The van der Waals surface area contributed by atoms with Crippen LogP contribution in [0, 0.1) is 0 Å². The minimum absolute atomic E-state index is 0.0263. The minimum Gasteiger partial charge on any atom is -0.508 e. The molecule has 3 amide bonds. The number of carbonyl (C=O) groups is 2. The highest BCUT2D eigenvalue weighted by atomic mass is 32.1. The van der Waals surface area contributed by atoms with Gasteiger partial charge in [-0.15, -0.1) is 11.3 Å². The van der Waals surface area contributed by atoms with Crippen LogP contribution in [-0.2, 0) is 13.5 Å². The van der Waals surface area contributed by atoms with E-state index in [2.05, 4.69) is 32.2 Å². The molecule has 0 fully saturated rings. The number of thiophene rings is 1. The van der Waals surface area contributed by atoms with Crippen LogP contribution in [0.3, 0.4) is 0 Å². The molecule has 1 unspecified atom stereocenters. The molecule has 0 radical (unpaired) electrons. The second-order valence-electron chi connectivity index (χ2n) is 12.3. The van der Waals surface area contributed by atoms with Crippen LogP contribution in [0.15, 0.2) is 102 Å². The number of pyridine rings is 1. The minimum atomic E-state index is -0.488. The summed E-state index contributed by atoms with van der Waals surface area (Å²) >= 11 is 1.15. The van der Waals surface area contributed by atoms with Gasteiger partial charge in [0.25, 0.3) is 11.5 Å². The monoisotopic (exact) mass is 714 g/mol. The van der Waals surface area contributed by atoms with E-state index in [-0.39, 0.29) is 27.9 Å². The molecule has 4 heterocycles. The zero-order valence-corrected chi connectivity index (χ0v) is 29.2. The quantitative estimate of drug-likeness (QED) is 0.116.